The van der Waals surface area contributed by atoms with Crippen LogP contribution in [0.25, 0.3) is 6.08 Å². The molecule has 0 fully saturated rings. The van der Waals surface area contributed by atoms with Crippen molar-refractivity contribution in [2.24, 2.45) is 5.16 Å². The van der Waals surface area contributed by atoms with Crippen molar-refractivity contribution in [3.05, 3.63) is 70.2 Å². The standard InChI is InChI=1S/C16H12BrNO3/c17-14-3-1-2-12(10-14)6-9-16(19)21-15-7-4-13(5-8-15)11-18-20/h1-11,20H/b9-6+,18-11+. The molecule has 5 heteroatoms. The molecule has 0 spiro atoms. The largest absolute Gasteiger partial charge is 0.423 e. The quantitative estimate of drug-likeness (QED) is 0.228. The van der Waals surface area contributed by atoms with E-state index < -0.39 is 5.97 Å². The van der Waals surface area contributed by atoms with Gasteiger partial charge in [-0.05, 0) is 53.6 Å². The van der Waals surface area contributed by atoms with Crippen LogP contribution in [0.1, 0.15) is 11.1 Å². The SMILES string of the molecule is O=C(/C=C/c1cccc(Br)c1)Oc1ccc(/C=N/O)cc1. The van der Waals surface area contributed by atoms with Gasteiger partial charge in [0, 0.05) is 10.5 Å². The summed E-state index contributed by atoms with van der Waals surface area (Å²) in [7, 11) is 0. The summed E-state index contributed by atoms with van der Waals surface area (Å²) >= 11 is 3.36. The van der Waals surface area contributed by atoms with Gasteiger partial charge in [0.1, 0.15) is 5.75 Å². The van der Waals surface area contributed by atoms with Crippen molar-refractivity contribution in [2.75, 3.05) is 0 Å². The molecule has 2 aromatic carbocycles. The Morgan fingerprint density at radius 3 is 2.57 bits per heavy atom. The van der Waals surface area contributed by atoms with Gasteiger partial charge in [0.25, 0.3) is 0 Å². The van der Waals surface area contributed by atoms with Crippen molar-refractivity contribution in [3.63, 3.8) is 0 Å². The zero-order chi connectivity index (χ0) is 15.1. The molecule has 1 N–H and O–H groups in total. The predicted octanol–water partition coefficient (Wildman–Crippen LogP) is 3.88. The van der Waals surface area contributed by atoms with Crippen LogP contribution < -0.4 is 4.74 Å². The maximum absolute atomic E-state index is 11.7. The fourth-order valence-electron chi connectivity index (χ4n) is 1.61. The van der Waals surface area contributed by atoms with Crippen LogP contribution in [0.4, 0.5) is 0 Å². The Balaban J connectivity index is 1.98. The van der Waals surface area contributed by atoms with Crippen LogP contribution in [-0.4, -0.2) is 17.4 Å². The number of nitrogens with zero attached hydrogens (tertiary/aromatic N) is 1. The van der Waals surface area contributed by atoms with Crippen molar-refractivity contribution < 1.29 is 14.7 Å². The molecule has 0 aliphatic heterocycles. The van der Waals surface area contributed by atoms with E-state index in [4.69, 9.17) is 9.94 Å². The number of rotatable bonds is 4. The summed E-state index contributed by atoms with van der Waals surface area (Å²) in [5.74, 6) is -0.0347. The lowest BCUT2D eigenvalue weighted by Crippen LogP contribution is -2.03. The van der Waals surface area contributed by atoms with Crippen LogP contribution in [-0.2, 0) is 4.79 Å². The Morgan fingerprint density at radius 2 is 1.90 bits per heavy atom. The van der Waals surface area contributed by atoms with Crippen molar-refractivity contribution >= 4 is 34.2 Å². The molecular weight excluding hydrogens is 334 g/mol. The van der Waals surface area contributed by atoms with E-state index in [0.717, 1.165) is 10.0 Å². The van der Waals surface area contributed by atoms with Crippen LogP contribution in [0.3, 0.4) is 0 Å². The third-order valence-electron chi connectivity index (χ3n) is 2.57. The van der Waals surface area contributed by atoms with Gasteiger partial charge in [0.05, 0.1) is 6.21 Å². The van der Waals surface area contributed by atoms with Gasteiger partial charge in [0.2, 0.25) is 0 Å². The first-order valence-corrected chi connectivity index (χ1v) is 6.89. The molecule has 106 valence electrons. The Morgan fingerprint density at radius 1 is 1.14 bits per heavy atom. The Kier molecular flexibility index (Phi) is 5.29. The molecule has 0 radical (unpaired) electrons. The molecule has 0 aliphatic carbocycles. The minimum Gasteiger partial charge on any atom is -0.423 e. The Hall–Kier alpha value is -2.40. The third-order valence-corrected chi connectivity index (χ3v) is 3.06. The molecular formula is C16H12BrNO3. The van der Waals surface area contributed by atoms with E-state index in [1.54, 1.807) is 30.3 Å². The summed E-state index contributed by atoms with van der Waals surface area (Å²) in [6.45, 7) is 0. The number of esters is 1. The zero-order valence-electron chi connectivity index (χ0n) is 10.9. The molecule has 0 aliphatic rings. The molecule has 0 saturated carbocycles. The number of hydrogen-bond donors (Lipinski definition) is 1. The summed E-state index contributed by atoms with van der Waals surface area (Å²) in [6.07, 6.45) is 4.34. The smallest absolute Gasteiger partial charge is 0.336 e. The Bertz CT molecular complexity index is 678. The molecule has 0 atom stereocenters. The average Bonchev–Trinajstić information content (AvgIpc) is 2.48. The summed E-state index contributed by atoms with van der Waals surface area (Å²) in [4.78, 5) is 11.7. The molecule has 21 heavy (non-hydrogen) atoms. The van der Waals surface area contributed by atoms with Crippen molar-refractivity contribution in [1.82, 2.24) is 0 Å². The monoisotopic (exact) mass is 345 g/mol. The first-order valence-electron chi connectivity index (χ1n) is 6.10. The summed E-state index contributed by atoms with van der Waals surface area (Å²) < 4.78 is 6.10. The van der Waals surface area contributed by atoms with Gasteiger partial charge in [-0.25, -0.2) is 4.79 Å². The zero-order valence-corrected chi connectivity index (χ0v) is 12.5. The maximum Gasteiger partial charge on any atom is 0.336 e. The molecule has 4 nitrogen and oxygen atoms in total. The highest BCUT2D eigenvalue weighted by molar-refractivity contribution is 9.10. The highest BCUT2D eigenvalue weighted by Crippen LogP contribution is 2.14. The van der Waals surface area contributed by atoms with Crippen molar-refractivity contribution in [1.29, 1.82) is 0 Å². The minimum absolute atomic E-state index is 0.425. The van der Waals surface area contributed by atoms with Crippen LogP contribution in [0.15, 0.2) is 64.2 Å². The molecule has 0 aromatic heterocycles. The fourth-order valence-corrected chi connectivity index (χ4v) is 2.03. The van der Waals surface area contributed by atoms with Crippen molar-refractivity contribution in [3.8, 4) is 5.75 Å². The summed E-state index contributed by atoms with van der Waals surface area (Å²) in [5, 5.41) is 11.3. The number of carbonyl (C=O) groups excluding carboxylic acids is 1. The molecule has 0 saturated heterocycles. The van der Waals surface area contributed by atoms with Gasteiger partial charge in [-0.1, -0.05) is 33.2 Å². The average molecular weight is 346 g/mol. The highest BCUT2D eigenvalue weighted by Gasteiger charge is 2.00. The highest BCUT2D eigenvalue weighted by atomic mass is 79.9. The fraction of sp³-hybridized carbons (Fsp3) is 0. The van der Waals surface area contributed by atoms with Crippen molar-refractivity contribution in [2.45, 2.75) is 0 Å². The van der Waals surface area contributed by atoms with Crippen LogP contribution in [0.5, 0.6) is 5.75 Å². The molecule has 0 amide bonds. The number of oxime groups is 1. The van der Waals surface area contributed by atoms with Crippen LogP contribution in [0.2, 0.25) is 0 Å². The van der Waals surface area contributed by atoms with Gasteiger partial charge >= 0.3 is 5.97 Å². The van der Waals surface area contributed by atoms with Gasteiger partial charge in [-0.15, -0.1) is 0 Å². The third kappa shape index (κ3) is 4.89. The number of halogens is 1. The maximum atomic E-state index is 11.7. The van der Waals surface area contributed by atoms with E-state index in [1.807, 2.05) is 24.3 Å². The van der Waals surface area contributed by atoms with E-state index in [2.05, 4.69) is 21.1 Å². The van der Waals surface area contributed by atoms with Gasteiger partial charge in [-0.3, -0.25) is 0 Å². The first kappa shape index (κ1) is 15.0. The Labute approximate surface area is 130 Å². The minimum atomic E-state index is -0.460. The number of benzene rings is 2. The number of carbonyl (C=O) groups is 1. The molecule has 0 bridgehead atoms. The van der Waals surface area contributed by atoms with E-state index in [0.29, 0.717) is 11.3 Å². The number of ether oxygens (including phenoxy) is 1. The van der Waals surface area contributed by atoms with E-state index in [9.17, 15) is 4.79 Å². The summed E-state index contributed by atoms with van der Waals surface area (Å²) in [5.41, 5.74) is 1.61. The topological polar surface area (TPSA) is 58.9 Å². The molecule has 2 aromatic rings. The van der Waals surface area contributed by atoms with E-state index in [1.165, 1.54) is 12.3 Å². The summed E-state index contributed by atoms with van der Waals surface area (Å²) in [6, 6.07) is 14.2. The molecule has 2 rings (SSSR count). The normalized spacial score (nSPS) is 11.1. The first-order chi connectivity index (χ1) is 10.2. The second-order valence-corrected chi connectivity index (χ2v) is 5.04. The van der Waals surface area contributed by atoms with Crippen LogP contribution in [0, 0.1) is 0 Å². The number of hydrogen-bond acceptors (Lipinski definition) is 4. The second-order valence-electron chi connectivity index (χ2n) is 4.12. The lowest BCUT2D eigenvalue weighted by Gasteiger charge is -2.01. The van der Waals surface area contributed by atoms with Gasteiger partial charge in [0.15, 0.2) is 0 Å². The van der Waals surface area contributed by atoms with Gasteiger partial charge < -0.3 is 9.94 Å². The van der Waals surface area contributed by atoms with E-state index in [-0.39, 0.29) is 0 Å². The molecule has 0 unspecified atom stereocenters. The second kappa shape index (κ2) is 7.40. The van der Waals surface area contributed by atoms with Gasteiger partial charge in [-0.2, -0.15) is 0 Å². The predicted molar refractivity (Wildman–Crippen MR) is 84.6 cm³/mol. The lowest BCUT2D eigenvalue weighted by molar-refractivity contribution is -0.128. The molecule has 0 heterocycles. The lowest BCUT2D eigenvalue weighted by atomic mass is 10.2. The van der Waals surface area contributed by atoms with Crippen LogP contribution >= 0.6 is 15.9 Å². The van der Waals surface area contributed by atoms with E-state index >= 15 is 0 Å².